The maximum Gasteiger partial charge on any atom is 0.297 e. The topological polar surface area (TPSA) is 238 Å². The summed E-state index contributed by atoms with van der Waals surface area (Å²) in [6, 6.07) is 19.7. The van der Waals surface area contributed by atoms with Crippen LogP contribution >= 0.6 is 0 Å². The number of likely N-dealkylation sites (tertiary alicyclic amines) is 1. The molecule has 20 heteroatoms. The molecule has 18 nitrogen and oxygen atoms in total. The van der Waals surface area contributed by atoms with Crippen LogP contribution in [0.15, 0.2) is 77.8 Å². The van der Waals surface area contributed by atoms with Gasteiger partial charge < -0.3 is 29.8 Å². The van der Waals surface area contributed by atoms with Gasteiger partial charge in [0.15, 0.2) is 23.0 Å². The van der Waals surface area contributed by atoms with Crippen molar-refractivity contribution < 1.29 is 41.1 Å². The normalized spacial score (nSPS) is 23.7. The maximum atomic E-state index is 14.3. The molecule has 2 atom stereocenters. The number of sulfonamides is 2. The Morgan fingerprint density at radius 2 is 1.72 bits per heavy atom. The fourth-order valence-corrected chi connectivity index (χ4v) is 13.3. The number of nitro benzene ring substituents is 1. The lowest BCUT2D eigenvalue weighted by Crippen LogP contribution is -2.54. The van der Waals surface area contributed by atoms with E-state index in [1.165, 1.54) is 30.0 Å². The van der Waals surface area contributed by atoms with Crippen LogP contribution in [0.3, 0.4) is 0 Å². The van der Waals surface area contributed by atoms with E-state index in [0.717, 1.165) is 69.4 Å². The summed E-state index contributed by atoms with van der Waals surface area (Å²) < 4.78 is 70.2. The minimum Gasteiger partial charge on any atom is -0.489 e. The molecule has 5 aromatic rings. The van der Waals surface area contributed by atoms with Crippen LogP contribution in [0.1, 0.15) is 118 Å². The van der Waals surface area contributed by atoms with Crippen LogP contribution < -0.4 is 29.1 Å². The zero-order valence-electron chi connectivity index (χ0n) is 40.4. The Balaban J connectivity index is 0.897. The van der Waals surface area contributed by atoms with E-state index in [-0.39, 0.29) is 58.3 Å². The summed E-state index contributed by atoms with van der Waals surface area (Å²) in [6.07, 6.45) is 11.7. The molecule has 4 fully saturated rings. The van der Waals surface area contributed by atoms with Crippen molar-refractivity contribution in [2.24, 2.45) is 11.3 Å². The van der Waals surface area contributed by atoms with Gasteiger partial charge in [-0.1, -0.05) is 38.1 Å². The van der Waals surface area contributed by atoms with Crippen LogP contribution in [0.2, 0.25) is 0 Å². The van der Waals surface area contributed by atoms with Gasteiger partial charge in [0, 0.05) is 60.6 Å². The van der Waals surface area contributed by atoms with Crippen LogP contribution in [-0.2, 0) is 20.0 Å². The number of carbonyl (C=O) groups excluding carboxylic acids is 1. The number of fused-ring (bicyclic) bond motifs is 2. The van der Waals surface area contributed by atoms with Gasteiger partial charge in [0.2, 0.25) is 10.0 Å². The Morgan fingerprint density at radius 3 is 2.44 bits per heavy atom. The molecule has 5 heterocycles. The van der Waals surface area contributed by atoms with E-state index in [1.807, 2.05) is 0 Å². The van der Waals surface area contributed by atoms with Crippen molar-refractivity contribution in [1.29, 1.82) is 0 Å². The van der Waals surface area contributed by atoms with Gasteiger partial charge in [0.05, 0.1) is 33.3 Å². The van der Waals surface area contributed by atoms with E-state index in [9.17, 15) is 36.9 Å². The molecular weight excluding hydrogens is 949 g/mol. The van der Waals surface area contributed by atoms with Gasteiger partial charge in [-0.25, -0.2) is 26.5 Å². The van der Waals surface area contributed by atoms with Crippen molar-refractivity contribution in [2.75, 3.05) is 47.4 Å². The average molecular weight is 1010 g/mol. The molecular formula is C51H62N8O10S2. The molecule has 2 aliphatic carbocycles. The maximum absolute atomic E-state index is 14.3. The Morgan fingerprint density at radius 1 is 0.972 bits per heavy atom. The van der Waals surface area contributed by atoms with Crippen LogP contribution in [0.25, 0.3) is 11.0 Å². The van der Waals surface area contributed by atoms with Gasteiger partial charge in [-0.2, -0.15) is 0 Å². The second kappa shape index (κ2) is 18.6. The SMILES string of the molecule is CC(C)c1ccccc1[C@@H]1CCCN1C1CC2(CCN(c3ccc(C(=O)NS(=O)(=O)c4cc5c(c([N+](=O)[O-])c4)N[C@@H]([C@H]4CC[C@](C)(O)CC4)CO5)c(Oc4cc5cc[nH]c5nc4NS(C)(=O)=O)c3)CC2)C1. The van der Waals surface area contributed by atoms with Gasteiger partial charge in [0.1, 0.15) is 18.0 Å². The number of benzene rings is 3. The predicted octanol–water partition coefficient (Wildman–Crippen LogP) is 8.58. The van der Waals surface area contributed by atoms with E-state index >= 15 is 0 Å². The predicted molar refractivity (Wildman–Crippen MR) is 270 cm³/mol. The third-order valence-electron chi connectivity index (χ3n) is 15.7. The van der Waals surface area contributed by atoms with Crippen LogP contribution in [-0.4, -0.2) is 97.8 Å². The standard InChI is InChI=1S/C51H62N8O10S2/c1-31(2)37-8-5-6-9-38(37)41-10-7-21-58(41)35-28-51(29-35)18-22-57(23-19-51)34-11-12-39(43(25-34)69-45-24-33-15-20-52-47(33)54-48(45)55-70(4,64)65)49(60)56-71(66,67)36-26-42(59(62)63)46-44(27-36)68-30-40(53-46)32-13-16-50(3,61)17-14-32/h5-6,8-9,11-12,15,20,24-27,31-32,35,40-41,53,61H,7,10,13-14,16-19,21-23,28-30H2,1-4H3,(H,56,60)(H2,52,54,55)/t32-,40-,41+,50-/m1/s1. The minimum absolute atomic E-state index is 0.0379. The van der Waals surface area contributed by atoms with Gasteiger partial charge in [-0.15, -0.1) is 0 Å². The highest BCUT2D eigenvalue weighted by Crippen LogP contribution is 2.54. The smallest absolute Gasteiger partial charge is 0.297 e. The number of aliphatic hydroxyl groups is 1. The number of H-pyrrole nitrogens is 1. The zero-order chi connectivity index (χ0) is 50.0. The number of nitrogens with zero attached hydrogens (tertiary/aromatic N) is 4. The molecule has 0 bridgehead atoms. The molecule has 0 radical (unpaired) electrons. The number of ether oxygens (including phenoxy) is 2. The van der Waals surface area contributed by atoms with Crippen molar-refractivity contribution in [3.63, 3.8) is 0 Å². The van der Waals surface area contributed by atoms with Crippen molar-refractivity contribution in [3.8, 4) is 17.2 Å². The summed E-state index contributed by atoms with van der Waals surface area (Å²) in [5.74, 6) is -0.895. The fourth-order valence-electron chi connectivity index (χ4n) is 11.8. The highest BCUT2D eigenvalue weighted by Gasteiger charge is 2.50. The number of amides is 1. The van der Waals surface area contributed by atoms with E-state index in [0.29, 0.717) is 54.7 Å². The molecule has 3 aromatic carbocycles. The molecule has 2 saturated carbocycles. The molecule has 2 saturated heterocycles. The Labute approximate surface area is 414 Å². The average Bonchev–Trinajstić information content (AvgIpc) is 3.99. The van der Waals surface area contributed by atoms with Gasteiger partial charge in [-0.3, -0.25) is 24.5 Å². The van der Waals surface area contributed by atoms with Crippen molar-refractivity contribution in [3.05, 3.63) is 99.7 Å². The number of hydrogen-bond donors (Lipinski definition) is 5. The number of pyridine rings is 1. The fraction of sp³-hybridized carbons (Fsp3) is 0.490. The first kappa shape index (κ1) is 48.7. The highest BCUT2D eigenvalue weighted by molar-refractivity contribution is 7.92. The first-order valence-electron chi connectivity index (χ1n) is 24.6. The minimum atomic E-state index is -4.78. The number of piperidine rings is 1. The largest absolute Gasteiger partial charge is 0.489 e. The second-order valence-corrected chi connectivity index (χ2v) is 24.5. The van der Waals surface area contributed by atoms with Gasteiger partial charge in [0.25, 0.3) is 21.6 Å². The third-order valence-corrected chi connectivity index (χ3v) is 17.6. The molecule has 5 aliphatic rings. The highest BCUT2D eigenvalue weighted by atomic mass is 32.2. The molecule has 2 aromatic heterocycles. The summed E-state index contributed by atoms with van der Waals surface area (Å²) in [5.41, 5.74) is 2.72. The molecule has 10 rings (SSSR count). The number of hydrogen-bond acceptors (Lipinski definition) is 14. The van der Waals surface area contributed by atoms with Crippen molar-refractivity contribution in [1.82, 2.24) is 19.6 Å². The number of rotatable bonds is 13. The third kappa shape index (κ3) is 9.99. The lowest BCUT2D eigenvalue weighted by Gasteiger charge is -2.56. The van der Waals surface area contributed by atoms with E-state index in [4.69, 9.17) is 9.47 Å². The van der Waals surface area contributed by atoms with Gasteiger partial charge in [-0.05, 0) is 130 Å². The number of nitrogens with one attached hydrogen (secondary N) is 4. The lowest BCUT2D eigenvalue weighted by molar-refractivity contribution is -0.384. The summed E-state index contributed by atoms with van der Waals surface area (Å²) in [7, 11) is -8.65. The van der Waals surface area contributed by atoms with Crippen molar-refractivity contribution >= 4 is 59.9 Å². The summed E-state index contributed by atoms with van der Waals surface area (Å²) in [4.78, 5) is 37.9. The van der Waals surface area contributed by atoms with Crippen LogP contribution in [0.4, 0.5) is 22.9 Å². The number of aromatic nitrogens is 2. The monoisotopic (exact) mass is 1010 g/mol. The Bertz CT molecular complexity index is 3100. The van der Waals surface area contributed by atoms with Crippen molar-refractivity contribution in [2.45, 2.75) is 120 Å². The first-order chi connectivity index (χ1) is 33.7. The van der Waals surface area contributed by atoms with E-state index in [1.54, 1.807) is 37.4 Å². The molecule has 0 unspecified atom stereocenters. The Hall–Kier alpha value is -5.96. The summed E-state index contributed by atoms with van der Waals surface area (Å²) in [6.45, 7) is 9.02. The number of aromatic amines is 1. The number of carbonyl (C=O) groups is 1. The van der Waals surface area contributed by atoms with E-state index in [2.05, 4.69) is 72.6 Å². The van der Waals surface area contributed by atoms with Crippen LogP contribution in [0, 0.1) is 21.4 Å². The number of nitro groups is 1. The molecule has 5 N–H and O–H groups in total. The second-order valence-electron chi connectivity index (χ2n) is 21.0. The van der Waals surface area contributed by atoms with Gasteiger partial charge >= 0.3 is 0 Å². The lowest BCUT2D eigenvalue weighted by atomic mass is 9.59. The molecule has 1 spiro atoms. The molecule has 378 valence electrons. The zero-order valence-corrected chi connectivity index (χ0v) is 42.1. The van der Waals surface area contributed by atoms with Crippen LogP contribution in [0.5, 0.6) is 17.2 Å². The summed E-state index contributed by atoms with van der Waals surface area (Å²) in [5, 5.41) is 26.7. The molecule has 71 heavy (non-hydrogen) atoms. The molecule has 3 aliphatic heterocycles. The Kier molecular flexibility index (Phi) is 12.7. The number of anilines is 3. The summed E-state index contributed by atoms with van der Waals surface area (Å²) >= 11 is 0. The van der Waals surface area contributed by atoms with E-state index < -0.39 is 47.1 Å². The first-order valence-corrected chi connectivity index (χ1v) is 28.0. The quantitative estimate of drug-likeness (QED) is 0.0549. The molecule has 1 amide bonds.